The summed E-state index contributed by atoms with van der Waals surface area (Å²) >= 11 is 0. The van der Waals surface area contributed by atoms with Gasteiger partial charge in [-0.1, -0.05) is 6.92 Å². The molecule has 18 heavy (non-hydrogen) atoms. The van der Waals surface area contributed by atoms with Gasteiger partial charge >= 0.3 is 0 Å². The summed E-state index contributed by atoms with van der Waals surface area (Å²) in [5, 5.41) is 0. The maximum Gasteiger partial charge on any atom is 0.191 e. The first-order valence-corrected chi connectivity index (χ1v) is 6.68. The van der Waals surface area contributed by atoms with Crippen molar-refractivity contribution in [3.63, 3.8) is 0 Å². The molecule has 0 radical (unpaired) electrons. The Bertz CT molecular complexity index is 265. The van der Waals surface area contributed by atoms with Crippen LogP contribution in [0.3, 0.4) is 0 Å². The van der Waals surface area contributed by atoms with Gasteiger partial charge in [-0.25, -0.2) is 0 Å². The highest BCUT2D eigenvalue weighted by Gasteiger charge is 2.27. The number of hydrogen-bond acceptors (Lipinski definition) is 3. The van der Waals surface area contributed by atoms with Gasteiger partial charge in [-0.15, -0.1) is 24.0 Å². The van der Waals surface area contributed by atoms with Gasteiger partial charge in [0.15, 0.2) is 5.96 Å². The zero-order chi connectivity index (χ0) is 12.1. The Morgan fingerprint density at radius 2 is 2.06 bits per heavy atom. The molecule has 6 heteroatoms. The second-order valence-corrected chi connectivity index (χ2v) is 4.70. The zero-order valence-electron chi connectivity index (χ0n) is 11.2. The standard InChI is InChI=1S/C12H24N4O.HI/c1-2-15(11-3-4-11)6-5-14-12(13)16-7-9-17-10-8-16;/h11H,2-10H2,1H3,(H2,13,14);1H. The van der Waals surface area contributed by atoms with E-state index in [1.807, 2.05) is 0 Å². The SMILES string of the molecule is CCN(CCN=C(N)N1CCOCC1)C1CC1.I. The highest BCUT2D eigenvalue weighted by molar-refractivity contribution is 14.0. The molecule has 1 saturated heterocycles. The van der Waals surface area contributed by atoms with E-state index >= 15 is 0 Å². The van der Waals surface area contributed by atoms with Crippen molar-refractivity contribution in [2.24, 2.45) is 10.7 Å². The minimum atomic E-state index is 0. The lowest BCUT2D eigenvalue weighted by Gasteiger charge is -2.27. The van der Waals surface area contributed by atoms with Gasteiger partial charge in [0, 0.05) is 25.7 Å². The van der Waals surface area contributed by atoms with Crippen LogP contribution in [0.2, 0.25) is 0 Å². The predicted octanol–water partition coefficient (Wildman–Crippen LogP) is 0.736. The van der Waals surface area contributed by atoms with Crippen molar-refractivity contribution >= 4 is 29.9 Å². The number of guanidine groups is 1. The highest BCUT2D eigenvalue weighted by atomic mass is 127. The summed E-state index contributed by atoms with van der Waals surface area (Å²) in [4.78, 5) is 9.07. The lowest BCUT2D eigenvalue weighted by Crippen LogP contribution is -2.45. The van der Waals surface area contributed by atoms with Crippen LogP contribution >= 0.6 is 24.0 Å². The monoisotopic (exact) mass is 368 g/mol. The molecule has 2 N–H and O–H groups in total. The van der Waals surface area contributed by atoms with Gasteiger partial charge in [0.05, 0.1) is 19.8 Å². The van der Waals surface area contributed by atoms with Gasteiger partial charge in [-0.2, -0.15) is 0 Å². The van der Waals surface area contributed by atoms with E-state index in [1.165, 1.54) is 12.8 Å². The summed E-state index contributed by atoms with van der Waals surface area (Å²) in [7, 11) is 0. The first-order chi connectivity index (χ1) is 8.31. The molecule has 5 nitrogen and oxygen atoms in total. The van der Waals surface area contributed by atoms with Crippen LogP contribution in [0.1, 0.15) is 19.8 Å². The largest absolute Gasteiger partial charge is 0.378 e. The molecular formula is C12H25IN4O. The highest BCUT2D eigenvalue weighted by Crippen LogP contribution is 2.25. The van der Waals surface area contributed by atoms with Crippen LogP contribution in [-0.4, -0.2) is 67.7 Å². The van der Waals surface area contributed by atoms with Crippen molar-refractivity contribution in [2.45, 2.75) is 25.8 Å². The fourth-order valence-corrected chi connectivity index (χ4v) is 2.22. The molecule has 0 unspecified atom stereocenters. The first-order valence-electron chi connectivity index (χ1n) is 6.68. The van der Waals surface area contributed by atoms with Crippen LogP contribution in [-0.2, 0) is 4.74 Å². The molecule has 2 fully saturated rings. The molecule has 0 amide bonds. The van der Waals surface area contributed by atoms with Gasteiger partial charge in [0.25, 0.3) is 0 Å². The lowest BCUT2D eigenvalue weighted by molar-refractivity contribution is 0.0674. The Morgan fingerprint density at radius 1 is 1.39 bits per heavy atom. The molecule has 0 aromatic heterocycles. The summed E-state index contributed by atoms with van der Waals surface area (Å²) in [6.45, 7) is 8.45. The minimum Gasteiger partial charge on any atom is -0.378 e. The average Bonchev–Trinajstić information content (AvgIpc) is 3.20. The van der Waals surface area contributed by atoms with Crippen LogP contribution in [0, 0.1) is 0 Å². The maximum atomic E-state index is 5.97. The van der Waals surface area contributed by atoms with Crippen molar-refractivity contribution in [1.29, 1.82) is 0 Å². The third kappa shape index (κ3) is 4.89. The fourth-order valence-electron chi connectivity index (χ4n) is 2.22. The van der Waals surface area contributed by atoms with E-state index in [0.717, 1.165) is 52.0 Å². The number of rotatable bonds is 5. The van der Waals surface area contributed by atoms with E-state index in [0.29, 0.717) is 5.96 Å². The van der Waals surface area contributed by atoms with Crippen LogP contribution in [0.4, 0.5) is 0 Å². The van der Waals surface area contributed by atoms with Crippen LogP contribution in [0.25, 0.3) is 0 Å². The van der Waals surface area contributed by atoms with Gasteiger partial charge in [0.1, 0.15) is 0 Å². The summed E-state index contributed by atoms with van der Waals surface area (Å²) < 4.78 is 5.29. The number of nitrogens with zero attached hydrogens (tertiary/aromatic N) is 3. The number of likely N-dealkylation sites (N-methyl/N-ethyl adjacent to an activating group) is 1. The van der Waals surface area contributed by atoms with Crippen molar-refractivity contribution in [1.82, 2.24) is 9.80 Å². The maximum absolute atomic E-state index is 5.97. The molecule has 0 aromatic rings. The molecule has 1 heterocycles. The van der Waals surface area contributed by atoms with Crippen molar-refractivity contribution in [3.8, 4) is 0 Å². The molecule has 1 aliphatic heterocycles. The molecule has 106 valence electrons. The predicted molar refractivity (Wildman–Crippen MR) is 84.6 cm³/mol. The van der Waals surface area contributed by atoms with Gasteiger partial charge < -0.3 is 15.4 Å². The quantitative estimate of drug-likeness (QED) is 0.442. The summed E-state index contributed by atoms with van der Waals surface area (Å²) in [5.41, 5.74) is 5.97. The van der Waals surface area contributed by atoms with Gasteiger partial charge in [-0.05, 0) is 19.4 Å². The Labute approximate surface area is 127 Å². The molecular weight excluding hydrogens is 343 g/mol. The van der Waals surface area contributed by atoms with E-state index in [4.69, 9.17) is 10.5 Å². The number of nitrogens with two attached hydrogens (primary N) is 1. The van der Waals surface area contributed by atoms with E-state index in [2.05, 4.69) is 21.7 Å². The van der Waals surface area contributed by atoms with E-state index in [-0.39, 0.29) is 24.0 Å². The first kappa shape index (κ1) is 16.0. The van der Waals surface area contributed by atoms with Gasteiger partial charge in [0.2, 0.25) is 0 Å². The fraction of sp³-hybridized carbons (Fsp3) is 0.917. The Balaban J connectivity index is 0.00000162. The van der Waals surface area contributed by atoms with Crippen LogP contribution in [0.15, 0.2) is 4.99 Å². The summed E-state index contributed by atoms with van der Waals surface area (Å²) in [5.74, 6) is 0.681. The molecule has 0 spiro atoms. The summed E-state index contributed by atoms with van der Waals surface area (Å²) in [6, 6.07) is 0.819. The number of hydrogen-bond donors (Lipinski definition) is 1. The number of ether oxygens (including phenoxy) is 1. The van der Waals surface area contributed by atoms with E-state index in [1.54, 1.807) is 0 Å². The number of aliphatic imine (C=N–C) groups is 1. The second-order valence-electron chi connectivity index (χ2n) is 4.70. The second kappa shape index (κ2) is 8.16. The topological polar surface area (TPSA) is 54.1 Å². The van der Waals surface area contributed by atoms with E-state index in [9.17, 15) is 0 Å². The third-order valence-corrected chi connectivity index (χ3v) is 3.47. The lowest BCUT2D eigenvalue weighted by atomic mass is 10.4. The molecule has 1 aliphatic carbocycles. The Morgan fingerprint density at radius 3 is 2.61 bits per heavy atom. The molecule has 1 saturated carbocycles. The van der Waals surface area contributed by atoms with Crippen LogP contribution < -0.4 is 5.73 Å². The molecule has 0 bridgehead atoms. The smallest absolute Gasteiger partial charge is 0.191 e. The van der Waals surface area contributed by atoms with Crippen molar-refractivity contribution in [2.75, 3.05) is 45.9 Å². The normalized spacial score (nSPS) is 21.0. The molecule has 2 aliphatic rings. The average molecular weight is 368 g/mol. The van der Waals surface area contributed by atoms with Crippen molar-refractivity contribution in [3.05, 3.63) is 0 Å². The van der Waals surface area contributed by atoms with Gasteiger partial charge in [-0.3, -0.25) is 9.89 Å². The number of morpholine rings is 1. The molecule has 2 rings (SSSR count). The zero-order valence-corrected chi connectivity index (χ0v) is 13.5. The summed E-state index contributed by atoms with van der Waals surface area (Å²) in [6.07, 6.45) is 2.72. The van der Waals surface area contributed by atoms with Crippen LogP contribution in [0.5, 0.6) is 0 Å². The van der Waals surface area contributed by atoms with Crippen molar-refractivity contribution < 1.29 is 4.74 Å². The van der Waals surface area contributed by atoms with E-state index < -0.39 is 0 Å². The minimum absolute atomic E-state index is 0. The third-order valence-electron chi connectivity index (χ3n) is 3.47. The Kier molecular flexibility index (Phi) is 7.25. The molecule has 0 atom stereocenters. The Hall–Kier alpha value is -0.0800. The molecule has 0 aromatic carbocycles. The number of halogens is 1.